The molecule has 2 aromatic carbocycles. The standard InChI is InChI=1S/C21H23FN2O4/c1-13(2)19(24-20(26)15-7-5-4-6-8-15)21(27)28-12-18(25)23-16-10-9-14(3)17(22)11-16/h4-11,13,19H,12H2,1-3H3,(H,23,25)(H,24,26). The molecule has 148 valence electrons. The monoisotopic (exact) mass is 386 g/mol. The number of carbonyl (C=O) groups is 3. The summed E-state index contributed by atoms with van der Waals surface area (Å²) in [7, 11) is 0. The van der Waals surface area contributed by atoms with Crippen molar-refractivity contribution in [2.75, 3.05) is 11.9 Å². The average Bonchev–Trinajstić information content (AvgIpc) is 2.67. The fourth-order valence-corrected chi connectivity index (χ4v) is 2.41. The van der Waals surface area contributed by atoms with Crippen molar-refractivity contribution < 1.29 is 23.5 Å². The Morgan fingerprint density at radius 2 is 1.75 bits per heavy atom. The highest BCUT2D eigenvalue weighted by Crippen LogP contribution is 2.13. The van der Waals surface area contributed by atoms with E-state index in [1.54, 1.807) is 57.2 Å². The molecule has 0 saturated carbocycles. The molecule has 0 bridgehead atoms. The van der Waals surface area contributed by atoms with Gasteiger partial charge in [-0.1, -0.05) is 38.1 Å². The lowest BCUT2D eigenvalue weighted by Crippen LogP contribution is -2.45. The molecule has 2 rings (SSSR count). The molecule has 1 atom stereocenters. The molecule has 2 amide bonds. The molecule has 0 heterocycles. The van der Waals surface area contributed by atoms with E-state index in [0.29, 0.717) is 11.1 Å². The van der Waals surface area contributed by atoms with Gasteiger partial charge < -0.3 is 15.4 Å². The third kappa shape index (κ3) is 5.90. The fourth-order valence-electron chi connectivity index (χ4n) is 2.41. The molecule has 0 aromatic heterocycles. The average molecular weight is 386 g/mol. The van der Waals surface area contributed by atoms with Gasteiger partial charge in [0, 0.05) is 11.3 Å². The van der Waals surface area contributed by atoms with Crippen molar-refractivity contribution in [2.45, 2.75) is 26.8 Å². The lowest BCUT2D eigenvalue weighted by Gasteiger charge is -2.20. The van der Waals surface area contributed by atoms with Gasteiger partial charge >= 0.3 is 5.97 Å². The maximum absolute atomic E-state index is 13.5. The van der Waals surface area contributed by atoms with E-state index in [2.05, 4.69) is 10.6 Å². The van der Waals surface area contributed by atoms with Crippen molar-refractivity contribution in [3.8, 4) is 0 Å². The highest BCUT2D eigenvalue weighted by Gasteiger charge is 2.26. The summed E-state index contributed by atoms with van der Waals surface area (Å²) in [5.74, 6) is -2.42. The Hall–Kier alpha value is -3.22. The Morgan fingerprint density at radius 1 is 1.07 bits per heavy atom. The number of hydrogen-bond acceptors (Lipinski definition) is 4. The topological polar surface area (TPSA) is 84.5 Å². The van der Waals surface area contributed by atoms with Crippen LogP contribution < -0.4 is 10.6 Å². The summed E-state index contributed by atoms with van der Waals surface area (Å²) in [6.45, 7) is 4.58. The van der Waals surface area contributed by atoms with Crippen LogP contribution in [0.15, 0.2) is 48.5 Å². The lowest BCUT2D eigenvalue weighted by atomic mass is 10.0. The second kappa shape index (κ2) is 9.64. The van der Waals surface area contributed by atoms with E-state index in [0.717, 1.165) is 0 Å². The van der Waals surface area contributed by atoms with Gasteiger partial charge in [0.05, 0.1) is 0 Å². The number of hydrogen-bond donors (Lipinski definition) is 2. The van der Waals surface area contributed by atoms with E-state index in [9.17, 15) is 18.8 Å². The molecule has 28 heavy (non-hydrogen) atoms. The molecule has 0 radical (unpaired) electrons. The summed E-state index contributed by atoms with van der Waals surface area (Å²) in [6.07, 6.45) is 0. The summed E-state index contributed by atoms with van der Waals surface area (Å²) in [5, 5.41) is 5.08. The number of rotatable bonds is 7. The van der Waals surface area contributed by atoms with Crippen molar-refractivity contribution in [3.05, 3.63) is 65.5 Å². The number of ether oxygens (including phenoxy) is 1. The summed E-state index contributed by atoms with van der Waals surface area (Å²) < 4.78 is 18.6. The maximum atomic E-state index is 13.5. The number of nitrogens with one attached hydrogen (secondary N) is 2. The van der Waals surface area contributed by atoms with Crippen molar-refractivity contribution in [2.24, 2.45) is 5.92 Å². The smallest absolute Gasteiger partial charge is 0.329 e. The van der Waals surface area contributed by atoms with E-state index >= 15 is 0 Å². The van der Waals surface area contributed by atoms with Gasteiger partial charge in [-0.3, -0.25) is 9.59 Å². The first-order valence-corrected chi connectivity index (χ1v) is 8.86. The summed E-state index contributed by atoms with van der Waals surface area (Å²) in [4.78, 5) is 36.6. The second-order valence-corrected chi connectivity index (χ2v) is 6.68. The number of anilines is 1. The van der Waals surface area contributed by atoms with Gasteiger partial charge in [-0.05, 0) is 42.7 Å². The molecule has 6 nitrogen and oxygen atoms in total. The number of carbonyl (C=O) groups excluding carboxylic acids is 3. The largest absolute Gasteiger partial charge is 0.454 e. The van der Waals surface area contributed by atoms with Gasteiger partial charge in [-0.2, -0.15) is 0 Å². The van der Waals surface area contributed by atoms with Gasteiger partial charge in [0.15, 0.2) is 6.61 Å². The Kier molecular flexibility index (Phi) is 7.26. The van der Waals surface area contributed by atoms with Gasteiger partial charge in [0.25, 0.3) is 11.8 Å². The van der Waals surface area contributed by atoms with E-state index in [-0.39, 0.29) is 11.6 Å². The Balaban J connectivity index is 1.91. The lowest BCUT2D eigenvalue weighted by molar-refractivity contribution is -0.150. The summed E-state index contributed by atoms with van der Waals surface area (Å²) in [6, 6.07) is 11.8. The first kappa shape index (κ1) is 21.1. The second-order valence-electron chi connectivity index (χ2n) is 6.68. The normalized spacial score (nSPS) is 11.6. The van der Waals surface area contributed by atoms with Crippen LogP contribution in [0, 0.1) is 18.7 Å². The maximum Gasteiger partial charge on any atom is 0.329 e. The first-order valence-electron chi connectivity index (χ1n) is 8.86. The number of benzene rings is 2. The highest BCUT2D eigenvalue weighted by molar-refractivity contribution is 5.97. The van der Waals surface area contributed by atoms with Crippen LogP contribution in [0.2, 0.25) is 0 Å². The van der Waals surface area contributed by atoms with Crippen LogP contribution in [-0.4, -0.2) is 30.4 Å². The van der Waals surface area contributed by atoms with Crippen molar-refractivity contribution in [3.63, 3.8) is 0 Å². The molecule has 1 unspecified atom stereocenters. The molecule has 0 spiro atoms. The zero-order valence-electron chi connectivity index (χ0n) is 16.0. The minimum Gasteiger partial charge on any atom is -0.454 e. The molecular weight excluding hydrogens is 363 g/mol. The Labute approximate surface area is 163 Å². The van der Waals surface area contributed by atoms with Crippen molar-refractivity contribution >= 4 is 23.5 Å². The van der Waals surface area contributed by atoms with Crippen LogP contribution in [0.4, 0.5) is 10.1 Å². The molecule has 7 heteroatoms. The number of esters is 1. The van der Waals surface area contributed by atoms with E-state index in [4.69, 9.17) is 4.74 Å². The molecular formula is C21H23FN2O4. The molecule has 0 aliphatic heterocycles. The SMILES string of the molecule is Cc1ccc(NC(=O)COC(=O)C(NC(=O)c2ccccc2)C(C)C)cc1F. The van der Waals surface area contributed by atoms with Crippen molar-refractivity contribution in [1.82, 2.24) is 5.32 Å². The van der Waals surface area contributed by atoms with Crippen LogP contribution in [0.3, 0.4) is 0 Å². The van der Waals surface area contributed by atoms with Gasteiger partial charge in [-0.15, -0.1) is 0 Å². The predicted octanol–water partition coefficient (Wildman–Crippen LogP) is 3.07. The Bertz CT molecular complexity index is 853. The number of halogens is 1. The van der Waals surface area contributed by atoms with Gasteiger partial charge in [0.1, 0.15) is 11.9 Å². The van der Waals surface area contributed by atoms with Crippen LogP contribution in [0.1, 0.15) is 29.8 Å². The zero-order chi connectivity index (χ0) is 20.7. The molecule has 0 saturated heterocycles. The van der Waals surface area contributed by atoms with E-state index in [1.165, 1.54) is 12.1 Å². The molecule has 2 aromatic rings. The summed E-state index contributed by atoms with van der Waals surface area (Å²) >= 11 is 0. The van der Waals surface area contributed by atoms with E-state index < -0.39 is 36.2 Å². The van der Waals surface area contributed by atoms with Crippen molar-refractivity contribution in [1.29, 1.82) is 0 Å². The molecule has 2 N–H and O–H groups in total. The van der Waals surface area contributed by atoms with Crippen LogP contribution in [-0.2, 0) is 14.3 Å². The van der Waals surface area contributed by atoms with Crippen LogP contribution in [0.25, 0.3) is 0 Å². The quantitative estimate of drug-likeness (QED) is 0.717. The van der Waals surface area contributed by atoms with E-state index in [1.807, 2.05) is 0 Å². The van der Waals surface area contributed by atoms with Gasteiger partial charge in [-0.25, -0.2) is 9.18 Å². The Morgan fingerprint density at radius 3 is 2.36 bits per heavy atom. The molecule has 0 aliphatic rings. The number of amides is 2. The molecule has 0 aliphatic carbocycles. The highest BCUT2D eigenvalue weighted by atomic mass is 19.1. The first-order chi connectivity index (χ1) is 13.3. The molecule has 0 fully saturated rings. The minimum absolute atomic E-state index is 0.241. The number of aryl methyl sites for hydroxylation is 1. The van der Waals surface area contributed by atoms with Gasteiger partial charge in [0.2, 0.25) is 0 Å². The van der Waals surface area contributed by atoms with Crippen LogP contribution >= 0.6 is 0 Å². The third-order valence-corrected chi connectivity index (χ3v) is 4.04. The fraction of sp³-hybridized carbons (Fsp3) is 0.286. The third-order valence-electron chi connectivity index (χ3n) is 4.04. The predicted molar refractivity (Wildman–Crippen MR) is 103 cm³/mol. The summed E-state index contributed by atoms with van der Waals surface area (Å²) in [5.41, 5.74) is 1.14. The minimum atomic E-state index is -0.905. The zero-order valence-corrected chi connectivity index (χ0v) is 16.0. The van der Waals surface area contributed by atoms with Crippen LogP contribution in [0.5, 0.6) is 0 Å².